The standard InChI is InChI=1S/C28H28F3N3O4S/c1-39(37,38)32-24-17-21(7-10-26(24)35)34-14-11-19-15-18(5-8-23(19)27(34)36)22-9-6-20(28(29,30)31)16-25(22)33-12-3-2-4-13-33/h5-10,15-17,32,35H,2-4,11-14H2,1H3. The fourth-order valence-electron chi connectivity index (χ4n) is 5.22. The van der Waals surface area contributed by atoms with Crippen LogP contribution in [0.15, 0.2) is 54.6 Å². The normalized spacial score (nSPS) is 16.3. The van der Waals surface area contributed by atoms with Gasteiger partial charge in [0.05, 0.1) is 17.5 Å². The smallest absolute Gasteiger partial charge is 0.416 e. The number of piperidine rings is 1. The van der Waals surface area contributed by atoms with Gasteiger partial charge in [-0.2, -0.15) is 13.2 Å². The van der Waals surface area contributed by atoms with Gasteiger partial charge in [-0.1, -0.05) is 18.2 Å². The highest BCUT2D eigenvalue weighted by atomic mass is 32.2. The number of fused-ring (bicyclic) bond motifs is 1. The molecule has 39 heavy (non-hydrogen) atoms. The van der Waals surface area contributed by atoms with Gasteiger partial charge in [-0.3, -0.25) is 9.52 Å². The Morgan fingerprint density at radius 2 is 1.62 bits per heavy atom. The maximum absolute atomic E-state index is 13.5. The number of carbonyl (C=O) groups is 1. The molecule has 0 unspecified atom stereocenters. The summed E-state index contributed by atoms with van der Waals surface area (Å²) in [5.41, 5.74) is 2.93. The molecule has 206 valence electrons. The summed E-state index contributed by atoms with van der Waals surface area (Å²) in [5, 5.41) is 10.0. The average molecular weight is 560 g/mol. The van der Waals surface area contributed by atoms with Crippen molar-refractivity contribution in [2.75, 3.05) is 40.4 Å². The number of aromatic hydroxyl groups is 1. The summed E-state index contributed by atoms with van der Waals surface area (Å²) in [6, 6.07) is 13.4. The van der Waals surface area contributed by atoms with Gasteiger partial charge in [0.1, 0.15) is 5.75 Å². The maximum atomic E-state index is 13.5. The molecule has 0 spiro atoms. The van der Waals surface area contributed by atoms with Gasteiger partial charge in [0.25, 0.3) is 5.91 Å². The van der Waals surface area contributed by atoms with E-state index in [0.29, 0.717) is 48.6 Å². The van der Waals surface area contributed by atoms with Crippen molar-refractivity contribution in [1.82, 2.24) is 0 Å². The minimum absolute atomic E-state index is 0.0310. The summed E-state index contributed by atoms with van der Waals surface area (Å²) < 4.78 is 66.1. The first-order chi connectivity index (χ1) is 18.4. The molecule has 7 nitrogen and oxygen atoms in total. The van der Waals surface area contributed by atoms with Gasteiger partial charge in [-0.25, -0.2) is 8.42 Å². The predicted octanol–water partition coefficient (Wildman–Crippen LogP) is 5.64. The summed E-state index contributed by atoms with van der Waals surface area (Å²) in [5.74, 6) is -0.554. The topological polar surface area (TPSA) is 90.0 Å². The lowest BCUT2D eigenvalue weighted by atomic mass is 9.92. The Balaban J connectivity index is 1.48. The second kappa shape index (κ2) is 10.1. The number of benzene rings is 3. The van der Waals surface area contributed by atoms with E-state index in [1.54, 1.807) is 12.1 Å². The molecule has 0 aromatic heterocycles. The molecule has 3 aromatic rings. The number of carbonyl (C=O) groups excluding carboxylic acids is 1. The third-order valence-electron chi connectivity index (χ3n) is 7.11. The maximum Gasteiger partial charge on any atom is 0.416 e. The quantitative estimate of drug-likeness (QED) is 0.395. The number of alkyl halides is 3. The van der Waals surface area contributed by atoms with Crippen LogP contribution in [0.25, 0.3) is 11.1 Å². The molecule has 0 saturated carbocycles. The monoisotopic (exact) mass is 559 g/mol. The van der Waals surface area contributed by atoms with Crippen molar-refractivity contribution in [2.24, 2.45) is 0 Å². The number of sulfonamides is 1. The zero-order valence-electron chi connectivity index (χ0n) is 21.3. The minimum Gasteiger partial charge on any atom is -0.506 e. The summed E-state index contributed by atoms with van der Waals surface area (Å²) in [7, 11) is -3.64. The molecular formula is C28H28F3N3O4S. The van der Waals surface area contributed by atoms with Crippen molar-refractivity contribution in [3.8, 4) is 16.9 Å². The first-order valence-electron chi connectivity index (χ1n) is 12.6. The average Bonchev–Trinajstić information content (AvgIpc) is 2.89. The molecule has 0 aliphatic carbocycles. The Kier molecular flexibility index (Phi) is 6.96. The van der Waals surface area contributed by atoms with E-state index in [2.05, 4.69) is 4.72 Å². The second-order valence-corrected chi connectivity index (χ2v) is 11.7. The first kappa shape index (κ1) is 26.9. The molecule has 2 aliphatic heterocycles. The van der Waals surface area contributed by atoms with E-state index in [1.807, 2.05) is 11.0 Å². The Bertz CT molecular complexity index is 1530. The molecule has 3 aromatic carbocycles. The van der Waals surface area contributed by atoms with Crippen LogP contribution in [0.3, 0.4) is 0 Å². The molecular weight excluding hydrogens is 531 g/mol. The second-order valence-electron chi connectivity index (χ2n) is 9.93. The van der Waals surface area contributed by atoms with Crippen molar-refractivity contribution >= 4 is 33.0 Å². The van der Waals surface area contributed by atoms with E-state index < -0.39 is 21.8 Å². The minimum atomic E-state index is -4.44. The third-order valence-corrected chi connectivity index (χ3v) is 7.70. The van der Waals surface area contributed by atoms with E-state index in [9.17, 15) is 31.5 Å². The van der Waals surface area contributed by atoms with Gasteiger partial charge < -0.3 is 14.9 Å². The summed E-state index contributed by atoms with van der Waals surface area (Å²) >= 11 is 0. The summed E-state index contributed by atoms with van der Waals surface area (Å²) in [4.78, 5) is 16.9. The van der Waals surface area contributed by atoms with Crippen molar-refractivity contribution in [3.63, 3.8) is 0 Å². The summed E-state index contributed by atoms with van der Waals surface area (Å²) in [6.07, 6.45) is -0.0999. The number of halogens is 3. The van der Waals surface area contributed by atoms with Gasteiger partial charge in [-0.05, 0) is 73.2 Å². The van der Waals surface area contributed by atoms with Crippen LogP contribution in [0.1, 0.15) is 40.7 Å². The largest absolute Gasteiger partial charge is 0.506 e. The number of amides is 1. The molecule has 1 amide bonds. The number of hydrogen-bond donors (Lipinski definition) is 2. The van der Waals surface area contributed by atoms with Crippen LogP contribution in [0.2, 0.25) is 0 Å². The molecule has 0 atom stereocenters. The van der Waals surface area contributed by atoms with Crippen LogP contribution in [0.4, 0.5) is 30.2 Å². The molecule has 2 heterocycles. The first-order valence-corrected chi connectivity index (χ1v) is 14.5. The highest BCUT2D eigenvalue weighted by Crippen LogP contribution is 2.40. The van der Waals surface area contributed by atoms with E-state index in [1.165, 1.54) is 35.2 Å². The van der Waals surface area contributed by atoms with E-state index in [0.717, 1.165) is 42.7 Å². The van der Waals surface area contributed by atoms with Crippen LogP contribution in [-0.2, 0) is 22.6 Å². The lowest BCUT2D eigenvalue weighted by Crippen LogP contribution is -2.37. The number of phenolic OH excluding ortho intramolecular Hbond substituents is 1. The number of anilines is 3. The van der Waals surface area contributed by atoms with Gasteiger partial charge >= 0.3 is 6.18 Å². The molecule has 1 fully saturated rings. The highest BCUT2D eigenvalue weighted by molar-refractivity contribution is 7.92. The molecule has 0 radical (unpaired) electrons. The number of nitrogens with one attached hydrogen (secondary N) is 1. The van der Waals surface area contributed by atoms with Crippen LogP contribution in [0.5, 0.6) is 5.75 Å². The fourth-order valence-corrected chi connectivity index (χ4v) is 5.79. The predicted molar refractivity (Wildman–Crippen MR) is 145 cm³/mol. The molecule has 0 bridgehead atoms. The number of phenols is 1. The van der Waals surface area contributed by atoms with Crippen molar-refractivity contribution in [2.45, 2.75) is 31.9 Å². The molecule has 5 rings (SSSR count). The van der Waals surface area contributed by atoms with Crippen LogP contribution in [-0.4, -0.2) is 45.3 Å². The van der Waals surface area contributed by atoms with E-state index in [-0.39, 0.29) is 17.3 Å². The SMILES string of the molecule is CS(=O)(=O)Nc1cc(N2CCc3cc(-c4ccc(C(F)(F)F)cc4N4CCCCC4)ccc3C2=O)ccc1O. The Morgan fingerprint density at radius 3 is 2.31 bits per heavy atom. The van der Waals surface area contributed by atoms with Gasteiger partial charge in [0.15, 0.2) is 0 Å². The molecule has 2 aliphatic rings. The lowest BCUT2D eigenvalue weighted by molar-refractivity contribution is -0.137. The molecule has 1 saturated heterocycles. The van der Waals surface area contributed by atoms with Crippen molar-refractivity contribution < 1.29 is 31.5 Å². The van der Waals surface area contributed by atoms with Gasteiger partial charge in [-0.15, -0.1) is 0 Å². The lowest BCUT2D eigenvalue weighted by Gasteiger charge is -2.32. The Morgan fingerprint density at radius 1 is 0.897 bits per heavy atom. The third kappa shape index (κ3) is 5.68. The number of hydrogen-bond acceptors (Lipinski definition) is 5. The van der Waals surface area contributed by atoms with Crippen LogP contribution < -0.4 is 14.5 Å². The molecule has 11 heteroatoms. The van der Waals surface area contributed by atoms with Crippen molar-refractivity contribution in [1.29, 1.82) is 0 Å². The number of rotatable bonds is 5. The number of nitrogens with zero attached hydrogens (tertiary/aromatic N) is 2. The van der Waals surface area contributed by atoms with Gasteiger partial charge in [0, 0.05) is 42.1 Å². The van der Waals surface area contributed by atoms with Crippen LogP contribution in [0, 0.1) is 0 Å². The Labute approximate surface area is 224 Å². The van der Waals surface area contributed by atoms with Gasteiger partial charge in [0.2, 0.25) is 10.0 Å². The fraction of sp³-hybridized carbons (Fsp3) is 0.321. The Hall–Kier alpha value is -3.73. The van der Waals surface area contributed by atoms with E-state index in [4.69, 9.17) is 0 Å². The van der Waals surface area contributed by atoms with Crippen molar-refractivity contribution in [3.05, 3.63) is 71.3 Å². The zero-order valence-corrected chi connectivity index (χ0v) is 22.1. The highest BCUT2D eigenvalue weighted by Gasteiger charge is 2.32. The molecule has 2 N–H and O–H groups in total. The van der Waals surface area contributed by atoms with E-state index >= 15 is 0 Å². The summed E-state index contributed by atoms with van der Waals surface area (Å²) in [6.45, 7) is 1.69. The zero-order chi connectivity index (χ0) is 27.9. The van der Waals surface area contributed by atoms with Crippen LogP contribution >= 0.6 is 0 Å².